The number of nitrogens with zero attached hydrogens (tertiary/aromatic N) is 1. The van der Waals surface area contributed by atoms with Gasteiger partial charge in [0.05, 0.1) is 13.2 Å². The molecule has 1 saturated heterocycles. The molecule has 0 spiro atoms. The van der Waals surface area contributed by atoms with Gasteiger partial charge in [-0.2, -0.15) is 0 Å². The molecule has 0 aromatic heterocycles. The summed E-state index contributed by atoms with van der Waals surface area (Å²) in [5, 5.41) is 8.97. The Morgan fingerprint density at radius 1 is 1.29 bits per heavy atom. The number of ether oxygens (including phenoxy) is 2. The van der Waals surface area contributed by atoms with E-state index in [9.17, 15) is 4.79 Å². The minimum atomic E-state index is -0.451. The first kappa shape index (κ1) is 15.6. The largest absolute Gasteiger partial charge is 0.493 e. The number of likely N-dealkylation sites (tertiary alicyclic amines) is 1. The van der Waals surface area contributed by atoms with Crippen molar-refractivity contribution in [2.45, 2.75) is 33.0 Å². The summed E-state index contributed by atoms with van der Waals surface area (Å²) in [6.07, 6.45) is -0.258. The molecule has 1 aromatic rings. The molecule has 0 saturated carbocycles. The van der Waals surface area contributed by atoms with Crippen molar-refractivity contribution in [1.29, 1.82) is 0 Å². The number of rotatable bonds is 4. The Balaban J connectivity index is 1.69. The minimum absolute atomic E-state index is 0.0355. The molecular weight excluding hydrogens is 270 g/mol. The van der Waals surface area contributed by atoms with E-state index in [2.05, 4.69) is 0 Å². The molecule has 0 bridgehead atoms. The Morgan fingerprint density at radius 2 is 1.90 bits per heavy atom. The number of benzene rings is 1. The fraction of sp³-hybridized carbons (Fsp3) is 0.562. The summed E-state index contributed by atoms with van der Waals surface area (Å²) < 4.78 is 11.0. The van der Waals surface area contributed by atoms with Gasteiger partial charge in [-0.25, -0.2) is 4.79 Å². The van der Waals surface area contributed by atoms with Crippen molar-refractivity contribution in [3.05, 3.63) is 29.8 Å². The fourth-order valence-corrected chi connectivity index (χ4v) is 2.06. The lowest BCUT2D eigenvalue weighted by atomic mass is 10.0. The second kappa shape index (κ2) is 6.35. The van der Waals surface area contributed by atoms with Gasteiger partial charge in [0.1, 0.15) is 11.4 Å². The van der Waals surface area contributed by atoms with Gasteiger partial charge in [0.15, 0.2) is 0 Å². The Labute approximate surface area is 125 Å². The molecule has 0 unspecified atom stereocenters. The van der Waals surface area contributed by atoms with Gasteiger partial charge >= 0.3 is 6.09 Å². The third-order valence-corrected chi connectivity index (χ3v) is 3.20. The number of carbonyl (C=O) groups is 1. The molecule has 0 aliphatic carbocycles. The maximum Gasteiger partial charge on any atom is 0.410 e. The Morgan fingerprint density at radius 3 is 2.43 bits per heavy atom. The summed E-state index contributed by atoms with van der Waals surface area (Å²) in [4.78, 5) is 13.5. The number of hydrogen-bond donors (Lipinski definition) is 1. The first-order valence-electron chi connectivity index (χ1n) is 7.18. The van der Waals surface area contributed by atoms with Gasteiger partial charge in [-0.05, 0) is 38.5 Å². The quantitative estimate of drug-likeness (QED) is 0.926. The zero-order chi connectivity index (χ0) is 15.5. The van der Waals surface area contributed by atoms with Crippen LogP contribution in [0.15, 0.2) is 24.3 Å². The van der Waals surface area contributed by atoms with E-state index in [0.29, 0.717) is 25.6 Å². The first-order valence-corrected chi connectivity index (χ1v) is 7.18. The predicted molar refractivity (Wildman–Crippen MR) is 79.2 cm³/mol. The molecule has 1 aliphatic rings. The van der Waals surface area contributed by atoms with Crippen molar-refractivity contribution in [1.82, 2.24) is 4.90 Å². The second-order valence-corrected chi connectivity index (χ2v) is 6.36. The lowest BCUT2D eigenvalue weighted by molar-refractivity contribution is -0.00781. The molecule has 1 aliphatic heterocycles. The van der Waals surface area contributed by atoms with E-state index in [1.165, 1.54) is 0 Å². The van der Waals surface area contributed by atoms with Crippen molar-refractivity contribution in [3.8, 4) is 5.75 Å². The van der Waals surface area contributed by atoms with E-state index >= 15 is 0 Å². The van der Waals surface area contributed by atoms with Crippen LogP contribution in [0.3, 0.4) is 0 Å². The van der Waals surface area contributed by atoms with E-state index < -0.39 is 5.60 Å². The van der Waals surface area contributed by atoms with E-state index in [0.717, 1.165) is 11.3 Å². The summed E-state index contributed by atoms with van der Waals surface area (Å²) in [6, 6.07) is 7.36. The topological polar surface area (TPSA) is 59.0 Å². The van der Waals surface area contributed by atoms with Crippen molar-refractivity contribution >= 4 is 6.09 Å². The average molecular weight is 293 g/mol. The lowest BCUT2D eigenvalue weighted by Gasteiger charge is -2.39. The Hall–Kier alpha value is -1.75. The van der Waals surface area contributed by atoms with Gasteiger partial charge in [-0.3, -0.25) is 0 Å². The highest BCUT2D eigenvalue weighted by atomic mass is 16.6. The monoisotopic (exact) mass is 293 g/mol. The highest BCUT2D eigenvalue weighted by Gasteiger charge is 2.33. The summed E-state index contributed by atoms with van der Waals surface area (Å²) >= 11 is 0. The predicted octanol–water partition coefficient (Wildman–Crippen LogP) is 2.42. The summed E-state index contributed by atoms with van der Waals surface area (Å²) in [5.74, 6) is 1.12. The maximum atomic E-state index is 11.8. The lowest BCUT2D eigenvalue weighted by Crippen LogP contribution is -2.53. The molecule has 1 amide bonds. The van der Waals surface area contributed by atoms with Crippen LogP contribution in [-0.2, 0) is 11.3 Å². The SMILES string of the molecule is CC(C)(C)OC(=O)N1CC(COc2ccc(CO)cc2)C1. The molecule has 1 aromatic carbocycles. The zero-order valence-corrected chi connectivity index (χ0v) is 12.8. The molecule has 116 valence electrons. The molecule has 21 heavy (non-hydrogen) atoms. The molecule has 1 fully saturated rings. The molecule has 0 radical (unpaired) electrons. The second-order valence-electron chi connectivity index (χ2n) is 6.36. The number of amides is 1. The summed E-state index contributed by atoms with van der Waals surface area (Å²) in [5.41, 5.74) is 0.412. The smallest absolute Gasteiger partial charge is 0.410 e. The van der Waals surface area contributed by atoms with Crippen LogP contribution in [0.5, 0.6) is 5.75 Å². The average Bonchev–Trinajstić information content (AvgIpc) is 2.35. The molecule has 5 heteroatoms. The summed E-state index contributed by atoms with van der Waals surface area (Å²) in [7, 11) is 0. The van der Waals surface area contributed by atoms with Gasteiger partial charge in [0, 0.05) is 19.0 Å². The van der Waals surface area contributed by atoms with Gasteiger partial charge in [0.25, 0.3) is 0 Å². The number of hydrogen-bond acceptors (Lipinski definition) is 4. The van der Waals surface area contributed by atoms with Crippen LogP contribution in [-0.4, -0.2) is 41.4 Å². The van der Waals surface area contributed by atoms with E-state index in [4.69, 9.17) is 14.6 Å². The molecule has 1 N–H and O–H groups in total. The molecule has 0 atom stereocenters. The van der Waals surface area contributed by atoms with Crippen molar-refractivity contribution in [3.63, 3.8) is 0 Å². The Kier molecular flexibility index (Phi) is 4.73. The highest BCUT2D eigenvalue weighted by molar-refractivity contribution is 5.69. The van der Waals surface area contributed by atoms with Crippen molar-refractivity contribution in [2.75, 3.05) is 19.7 Å². The van der Waals surface area contributed by atoms with Crippen LogP contribution in [0.1, 0.15) is 26.3 Å². The van der Waals surface area contributed by atoms with Gasteiger partial charge in [0.2, 0.25) is 0 Å². The molecule has 2 rings (SSSR count). The molecule has 5 nitrogen and oxygen atoms in total. The van der Waals surface area contributed by atoms with Gasteiger partial charge < -0.3 is 19.5 Å². The van der Waals surface area contributed by atoms with Crippen LogP contribution in [0.2, 0.25) is 0 Å². The number of aliphatic hydroxyl groups is 1. The van der Waals surface area contributed by atoms with E-state index in [1.807, 2.05) is 45.0 Å². The maximum absolute atomic E-state index is 11.8. The minimum Gasteiger partial charge on any atom is -0.493 e. The van der Waals surface area contributed by atoms with Gasteiger partial charge in [-0.15, -0.1) is 0 Å². The van der Waals surface area contributed by atoms with Crippen LogP contribution >= 0.6 is 0 Å². The normalized spacial score (nSPS) is 15.5. The molecular formula is C16H23NO4. The zero-order valence-electron chi connectivity index (χ0n) is 12.8. The van der Waals surface area contributed by atoms with E-state index in [1.54, 1.807) is 4.90 Å². The van der Waals surface area contributed by atoms with Gasteiger partial charge in [-0.1, -0.05) is 12.1 Å². The highest BCUT2D eigenvalue weighted by Crippen LogP contribution is 2.21. The molecule has 1 heterocycles. The number of aliphatic hydroxyl groups excluding tert-OH is 1. The van der Waals surface area contributed by atoms with E-state index in [-0.39, 0.29) is 12.7 Å². The van der Waals surface area contributed by atoms with Crippen LogP contribution in [0.4, 0.5) is 4.79 Å². The van der Waals surface area contributed by atoms with Crippen molar-refractivity contribution in [2.24, 2.45) is 5.92 Å². The van der Waals surface area contributed by atoms with Crippen molar-refractivity contribution < 1.29 is 19.4 Å². The first-order chi connectivity index (χ1) is 9.87. The standard InChI is InChI=1S/C16H23NO4/c1-16(2,3)21-15(19)17-8-13(9-17)11-20-14-6-4-12(10-18)5-7-14/h4-7,13,18H,8-11H2,1-3H3. The summed E-state index contributed by atoms with van der Waals surface area (Å²) in [6.45, 7) is 7.54. The Bertz CT molecular complexity index is 472. The fourth-order valence-electron chi connectivity index (χ4n) is 2.06. The van der Waals surface area contributed by atoms with Crippen LogP contribution in [0.25, 0.3) is 0 Å². The van der Waals surface area contributed by atoms with Crippen LogP contribution < -0.4 is 4.74 Å². The number of carbonyl (C=O) groups excluding carboxylic acids is 1. The third kappa shape index (κ3) is 4.63. The van der Waals surface area contributed by atoms with Crippen LogP contribution in [0, 0.1) is 5.92 Å². The third-order valence-electron chi connectivity index (χ3n) is 3.20.